The zero-order valence-electron chi connectivity index (χ0n) is 12.1. The van der Waals surface area contributed by atoms with E-state index in [9.17, 15) is 4.79 Å². The molecule has 0 N–H and O–H groups in total. The highest BCUT2D eigenvalue weighted by atomic mass is 79.9. The largest absolute Gasteiger partial charge is 0.294 e. The zero-order valence-corrected chi connectivity index (χ0v) is 13.7. The molecule has 0 bridgehead atoms. The summed E-state index contributed by atoms with van der Waals surface area (Å²) in [5.41, 5.74) is 3.24. The summed E-state index contributed by atoms with van der Waals surface area (Å²) in [5, 5.41) is 0. The van der Waals surface area contributed by atoms with E-state index >= 15 is 0 Å². The highest BCUT2D eigenvalue weighted by Gasteiger charge is 2.13. The van der Waals surface area contributed by atoms with Crippen molar-refractivity contribution in [1.29, 1.82) is 0 Å². The lowest BCUT2D eigenvalue weighted by Gasteiger charge is -2.19. The fraction of sp³-hybridized carbons (Fsp3) is 0.278. The maximum Gasteiger partial charge on any atom is 0.167 e. The summed E-state index contributed by atoms with van der Waals surface area (Å²) in [6.07, 6.45) is 0.445. The summed E-state index contributed by atoms with van der Waals surface area (Å²) >= 11 is 3.40. The number of ketones is 1. The van der Waals surface area contributed by atoms with Crippen molar-refractivity contribution >= 4 is 21.7 Å². The van der Waals surface area contributed by atoms with Crippen LogP contribution >= 0.6 is 15.9 Å². The quantitative estimate of drug-likeness (QED) is 0.709. The minimum absolute atomic E-state index is 0.146. The molecule has 0 aliphatic rings. The van der Waals surface area contributed by atoms with Crippen molar-refractivity contribution in [2.75, 3.05) is 0 Å². The first kappa shape index (κ1) is 15.0. The molecule has 0 aliphatic heterocycles. The predicted molar refractivity (Wildman–Crippen MR) is 87.3 cm³/mol. The van der Waals surface area contributed by atoms with Crippen LogP contribution in [0.25, 0.3) is 0 Å². The monoisotopic (exact) mass is 330 g/mol. The minimum Gasteiger partial charge on any atom is -0.294 e. The normalized spacial score (nSPS) is 11.4. The lowest BCUT2D eigenvalue weighted by atomic mass is 9.86. The molecule has 2 heteroatoms. The maximum atomic E-state index is 12.2. The van der Waals surface area contributed by atoms with Crippen LogP contribution in [-0.4, -0.2) is 5.78 Å². The molecule has 0 fully saturated rings. The standard InChI is InChI=1S/C18H19BrO/c1-18(2,3)15-9-7-13(8-10-15)11-17(20)14-5-4-6-16(19)12-14/h4-10,12H,11H2,1-3H3. The average Bonchev–Trinajstić information content (AvgIpc) is 2.38. The SMILES string of the molecule is CC(C)(C)c1ccc(CC(=O)c2cccc(Br)c2)cc1. The summed E-state index contributed by atoms with van der Waals surface area (Å²) in [4.78, 5) is 12.2. The van der Waals surface area contributed by atoms with Gasteiger partial charge in [-0.05, 0) is 28.7 Å². The summed E-state index contributed by atoms with van der Waals surface area (Å²) in [5.74, 6) is 0.148. The van der Waals surface area contributed by atoms with E-state index in [1.54, 1.807) is 0 Å². The molecule has 0 saturated carbocycles. The average molecular weight is 331 g/mol. The van der Waals surface area contributed by atoms with Crippen molar-refractivity contribution in [3.05, 3.63) is 69.7 Å². The second kappa shape index (κ2) is 5.92. The van der Waals surface area contributed by atoms with Crippen LogP contribution in [0.2, 0.25) is 0 Å². The summed E-state index contributed by atoms with van der Waals surface area (Å²) in [6, 6.07) is 15.9. The van der Waals surface area contributed by atoms with Crippen molar-refractivity contribution < 1.29 is 4.79 Å². The molecule has 0 aliphatic carbocycles. The van der Waals surface area contributed by atoms with Crippen molar-refractivity contribution in [3.63, 3.8) is 0 Å². The van der Waals surface area contributed by atoms with Gasteiger partial charge in [-0.3, -0.25) is 4.79 Å². The Hall–Kier alpha value is -1.41. The van der Waals surface area contributed by atoms with Crippen LogP contribution in [0.15, 0.2) is 53.0 Å². The first-order valence-corrected chi connectivity index (χ1v) is 7.54. The van der Waals surface area contributed by atoms with Gasteiger partial charge in [-0.2, -0.15) is 0 Å². The molecule has 0 heterocycles. The van der Waals surface area contributed by atoms with Crippen LogP contribution < -0.4 is 0 Å². The van der Waals surface area contributed by atoms with Crippen LogP contribution in [0, 0.1) is 0 Å². The van der Waals surface area contributed by atoms with Gasteiger partial charge in [0.1, 0.15) is 0 Å². The Labute approximate surface area is 129 Å². The molecule has 20 heavy (non-hydrogen) atoms. The fourth-order valence-electron chi connectivity index (χ4n) is 2.07. The molecule has 2 aromatic rings. The van der Waals surface area contributed by atoms with Gasteiger partial charge in [-0.15, -0.1) is 0 Å². The van der Waals surface area contributed by atoms with Gasteiger partial charge in [0, 0.05) is 16.5 Å². The van der Waals surface area contributed by atoms with Gasteiger partial charge in [0.2, 0.25) is 0 Å². The number of benzene rings is 2. The van der Waals surface area contributed by atoms with E-state index in [1.807, 2.05) is 24.3 Å². The molecule has 0 unspecified atom stereocenters. The van der Waals surface area contributed by atoms with Crippen LogP contribution in [0.1, 0.15) is 42.3 Å². The number of Topliss-reactive ketones (excluding diaryl/α,β-unsaturated/α-hetero) is 1. The Balaban J connectivity index is 2.12. The van der Waals surface area contributed by atoms with Crippen LogP contribution in [-0.2, 0) is 11.8 Å². The molecule has 0 spiro atoms. The summed E-state index contributed by atoms with van der Waals surface area (Å²) in [7, 11) is 0. The summed E-state index contributed by atoms with van der Waals surface area (Å²) in [6.45, 7) is 6.57. The molecule has 2 rings (SSSR count). The van der Waals surface area contributed by atoms with E-state index in [-0.39, 0.29) is 11.2 Å². The van der Waals surface area contributed by atoms with E-state index in [1.165, 1.54) is 5.56 Å². The van der Waals surface area contributed by atoms with E-state index < -0.39 is 0 Å². The fourth-order valence-corrected chi connectivity index (χ4v) is 2.47. The third kappa shape index (κ3) is 3.80. The van der Waals surface area contributed by atoms with Gasteiger partial charge in [-0.25, -0.2) is 0 Å². The van der Waals surface area contributed by atoms with Crippen molar-refractivity contribution in [2.45, 2.75) is 32.6 Å². The number of hydrogen-bond donors (Lipinski definition) is 0. The Morgan fingerprint density at radius 1 is 1.05 bits per heavy atom. The van der Waals surface area contributed by atoms with Crippen molar-refractivity contribution in [3.8, 4) is 0 Å². The van der Waals surface area contributed by atoms with Gasteiger partial charge in [0.15, 0.2) is 5.78 Å². The van der Waals surface area contributed by atoms with Crippen LogP contribution in [0.3, 0.4) is 0 Å². The number of halogens is 1. The zero-order chi connectivity index (χ0) is 14.8. The molecule has 0 aromatic heterocycles. The second-order valence-corrected chi connectivity index (χ2v) is 6.97. The molecule has 0 atom stereocenters. The topological polar surface area (TPSA) is 17.1 Å². The Kier molecular flexibility index (Phi) is 4.44. The van der Waals surface area contributed by atoms with Gasteiger partial charge < -0.3 is 0 Å². The third-order valence-corrected chi connectivity index (χ3v) is 3.82. The first-order valence-electron chi connectivity index (χ1n) is 6.74. The molecule has 0 amide bonds. The number of hydrogen-bond acceptors (Lipinski definition) is 1. The second-order valence-electron chi connectivity index (χ2n) is 6.06. The summed E-state index contributed by atoms with van der Waals surface area (Å²) < 4.78 is 0.937. The molecule has 2 aromatic carbocycles. The van der Waals surface area contributed by atoms with Crippen molar-refractivity contribution in [2.24, 2.45) is 0 Å². The number of rotatable bonds is 3. The Bertz CT molecular complexity index is 606. The van der Waals surface area contributed by atoms with E-state index in [0.29, 0.717) is 6.42 Å². The van der Waals surface area contributed by atoms with E-state index in [2.05, 4.69) is 61.0 Å². The van der Waals surface area contributed by atoms with Gasteiger partial charge in [0.25, 0.3) is 0 Å². The lowest BCUT2D eigenvalue weighted by Crippen LogP contribution is -2.11. The highest BCUT2D eigenvalue weighted by molar-refractivity contribution is 9.10. The number of carbonyl (C=O) groups is 1. The lowest BCUT2D eigenvalue weighted by molar-refractivity contribution is 0.0993. The Morgan fingerprint density at radius 3 is 2.25 bits per heavy atom. The highest BCUT2D eigenvalue weighted by Crippen LogP contribution is 2.22. The molecule has 0 radical (unpaired) electrons. The van der Waals surface area contributed by atoms with Crippen molar-refractivity contribution in [1.82, 2.24) is 0 Å². The molecule has 104 valence electrons. The first-order chi connectivity index (χ1) is 9.36. The van der Waals surface area contributed by atoms with Gasteiger partial charge >= 0.3 is 0 Å². The Morgan fingerprint density at radius 2 is 1.70 bits per heavy atom. The van der Waals surface area contributed by atoms with E-state index in [0.717, 1.165) is 15.6 Å². The van der Waals surface area contributed by atoms with E-state index in [4.69, 9.17) is 0 Å². The minimum atomic E-state index is 0.146. The molecule has 0 saturated heterocycles. The smallest absolute Gasteiger partial charge is 0.167 e. The molecular formula is C18H19BrO. The molecule has 1 nitrogen and oxygen atoms in total. The maximum absolute atomic E-state index is 12.2. The van der Waals surface area contributed by atoms with Crippen LogP contribution in [0.4, 0.5) is 0 Å². The van der Waals surface area contributed by atoms with Gasteiger partial charge in [-0.1, -0.05) is 73.1 Å². The third-order valence-electron chi connectivity index (χ3n) is 3.33. The predicted octanol–water partition coefficient (Wildman–Crippen LogP) is 5.17. The molecular weight excluding hydrogens is 312 g/mol. The van der Waals surface area contributed by atoms with Crippen LogP contribution in [0.5, 0.6) is 0 Å². The number of carbonyl (C=O) groups excluding carboxylic acids is 1. The van der Waals surface area contributed by atoms with Gasteiger partial charge in [0.05, 0.1) is 0 Å².